The normalized spacial score (nSPS) is 11.4. The van der Waals surface area contributed by atoms with Gasteiger partial charge in [0.2, 0.25) is 0 Å². The molecule has 0 aliphatic heterocycles. The standard InChI is InChI=1S/C22H16FN3O3/c1-28-15-4-3-5-16(29-2)18(15)21-25-19-12-7-6-11(23)10-14(12)17-13(20(19)26-21)8-9-24-22(17)27/h3-10H,1-2H3,(H,24,27)(H,25,26). The van der Waals surface area contributed by atoms with E-state index in [-0.39, 0.29) is 5.56 Å². The summed E-state index contributed by atoms with van der Waals surface area (Å²) in [6, 6.07) is 11.6. The van der Waals surface area contributed by atoms with E-state index in [9.17, 15) is 9.18 Å². The minimum Gasteiger partial charge on any atom is -0.496 e. The minimum atomic E-state index is -0.410. The Kier molecular flexibility index (Phi) is 3.77. The lowest BCUT2D eigenvalue weighted by Gasteiger charge is -2.10. The first-order valence-electron chi connectivity index (χ1n) is 8.96. The molecule has 0 saturated heterocycles. The van der Waals surface area contributed by atoms with Gasteiger partial charge in [0.25, 0.3) is 5.56 Å². The van der Waals surface area contributed by atoms with E-state index >= 15 is 0 Å². The Morgan fingerprint density at radius 3 is 2.45 bits per heavy atom. The summed E-state index contributed by atoms with van der Waals surface area (Å²) in [6.07, 6.45) is 1.56. The summed E-state index contributed by atoms with van der Waals surface area (Å²) in [5.74, 6) is 1.32. The molecule has 2 heterocycles. The van der Waals surface area contributed by atoms with Gasteiger partial charge in [-0.25, -0.2) is 9.37 Å². The molecule has 2 N–H and O–H groups in total. The Hall–Kier alpha value is -3.87. The van der Waals surface area contributed by atoms with Crippen LogP contribution in [0.4, 0.5) is 4.39 Å². The number of imidazole rings is 1. The van der Waals surface area contributed by atoms with Gasteiger partial charge in [-0.05, 0) is 36.4 Å². The van der Waals surface area contributed by atoms with Crippen LogP contribution in [-0.4, -0.2) is 29.2 Å². The van der Waals surface area contributed by atoms with Gasteiger partial charge in [-0.3, -0.25) is 4.79 Å². The van der Waals surface area contributed by atoms with E-state index in [0.29, 0.717) is 55.5 Å². The maximum atomic E-state index is 14.0. The Morgan fingerprint density at radius 1 is 0.966 bits per heavy atom. The fraction of sp³-hybridized carbons (Fsp3) is 0.0909. The second-order valence-electron chi connectivity index (χ2n) is 6.63. The zero-order valence-electron chi connectivity index (χ0n) is 15.7. The van der Waals surface area contributed by atoms with Crippen molar-refractivity contribution in [3.8, 4) is 22.9 Å². The maximum absolute atomic E-state index is 14.0. The van der Waals surface area contributed by atoms with E-state index < -0.39 is 5.82 Å². The lowest BCUT2D eigenvalue weighted by Crippen LogP contribution is -2.05. The molecule has 0 aliphatic rings. The van der Waals surface area contributed by atoms with Crippen molar-refractivity contribution < 1.29 is 13.9 Å². The van der Waals surface area contributed by atoms with Gasteiger partial charge in [-0.1, -0.05) is 6.07 Å². The highest BCUT2D eigenvalue weighted by Crippen LogP contribution is 2.40. The first-order valence-corrected chi connectivity index (χ1v) is 8.96. The van der Waals surface area contributed by atoms with Crippen molar-refractivity contribution in [2.24, 2.45) is 0 Å². The van der Waals surface area contributed by atoms with Crippen LogP contribution in [0.1, 0.15) is 0 Å². The molecule has 0 amide bonds. The average molecular weight is 389 g/mol. The third-order valence-corrected chi connectivity index (χ3v) is 5.10. The van der Waals surface area contributed by atoms with E-state index in [1.807, 2.05) is 18.2 Å². The summed E-state index contributed by atoms with van der Waals surface area (Å²) in [5, 5.41) is 2.27. The van der Waals surface area contributed by atoms with Crippen molar-refractivity contribution in [2.45, 2.75) is 0 Å². The van der Waals surface area contributed by atoms with Gasteiger partial charge in [-0.15, -0.1) is 0 Å². The molecule has 0 spiro atoms. The number of aromatic nitrogens is 3. The number of halogens is 1. The molecule has 0 fully saturated rings. The molecule has 144 valence electrons. The van der Waals surface area contributed by atoms with E-state index in [1.54, 1.807) is 32.5 Å². The fourth-order valence-corrected chi connectivity index (χ4v) is 3.85. The highest BCUT2D eigenvalue weighted by Gasteiger charge is 2.20. The first-order chi connectivity index (χ1) is 14.1. The Bertz CT molecular complexity index is 1450. The minimum absolute atomic E-state index is 0.292. The van der Waals surface area contributed by atoms with Gasteiger partial charge in [0.1, 0.15) is 28.7 Å². The molecule has 0 atom stereocenters. The molecular formula is C22H16FN3O3. The van der Waals surface area contributed by atoms with Crippen LogP contribution in [-0.2, 0) is 0 Å². The SMILES string of the molecule is COc1cccc(OC)c1-c1nc2c3cc[nH]c(=O)c3c3cc(F)ccc3c2[nH]1. The van der Waals surface area contributed by atoms with E-state index in [2.05, 4.69) is 9.97 Å². The lowest BCUT2D eigenvalue weighted by molar-refractivity contribution is 0.397. The fourth-order valence-electron chi connectivity index (χ4n) is 3.85. The zero-order valence-corrected chi connectivity index (χ0v) is 15.7. The molecule has 6 nitrogen and oxygen atoms in total. The van der Waals surface area contributed by atoms with Crippen molar-refractivity contribution in [3.63, 3.8) is 0 Å². The third kappa shape index (κ3) is 2.47. The molecule has 2 aromatic heterocycles. The third-order valence-electron chi connectivity index (χ3n) is 5.10. The van der Waals surface area contributed by atoms with Crippen molar-refractivity contribution in [1.29, 1.82) is 0 Å². The summed E-state index contributed by atoms with van der Waals surface area (Å²) < 4.78 is 25.0. The molecule has 29 heavy (non-hydrogen) atoms. The second-order valence-corrected chi connectivity index (χ2v) is 6.63. The number of ether oxygens (including phenoxy) is 2. The molecule has 5 rings (SSSR count). The number of pyridine rings is 1. The number of fused-ring (bicyclic) bond motifs is 6. The Balaban J connectivity index is 1.98. The molecular weight excluding hydrogens is 373 g/mol. The number of hydrogen-bond acceptors (Lipinski definition) is 4. The van der Waals surface area contributed by atoms with Crippen LogP contribution in [0.15, 0.2) is 53.5 Å². The van der Waals surface area contributed by atoms with Crippen LogP contribution in [0.25, 0.3) is 44.0 Å². The zero-order chi connectivity index (χ0) is 20.1. The Morgan fingerprint density at radius 2 is 1.72 bits per heavy atom. The number of H-pyrrole nitrogens is 2. The van der Waals surface area contributed by atoms with Gasteiger partial charge in [0.15, 0.2) is 0 Å². The van der Waals surface area contributed by atoms with Crippen molar-refractivity contribution in [1.82, 2.24) is 15.0 Å². The number of hydrogen-bond donors (Lipinski definition) is 2. The molecule has 0 radical (unpaired) electrons. The first kappa shape index (κ1) is 17.2. The van der Waals surface area contributed by atoms with E-state index in [1.165, 1.54) is 12.1 Å². The molecule has 0 bridgehead atoms. The molecule has 0 aliphatic carbocycles. The highest BCUT2D eigenvalue weighted by molar-refractivity contribution is 6.23. The summed E-state index contributed by atoms with van der Waals surface area (Å²) in [7, 11) is 3.15. The average Bonchev–Trinajstić information content (AvgIpc) is 3.18. The summed E-state index contributed by atoms with van der Waals surface area (Å²) in [5.41, 5.74) is 1.70. The molecule has 7 heteroatoms. The van der Waals surface area contributed by atoms with E-state index in [0.717, 1.165) is 0 Å². The van der Waals surface area contributed by atoms with Crippen LogP contribution < -0.4 is 15.0 Å². The predicted octanol–water partition coefficient (Wildman–Crippen LogP) is 4.38. The number of nitrogens with one attached hydrogen (secondary N) is 2. The van der Waals surface area contributed by atoms with Gasteiger partial charge >= 0.3 is 0 Å². The van der Waals surface area contributed by atoms with Crippen molar-refractivity contribution >= 4 is 32.6 Å². The summed E-state index contributed by atoms with van der Waals surface area (Å²) >= 11 is 0. The monoisotopic (exact) mass is 389 g/mol. The van der Waals surface area contributed by atoms with Gasteiger partial charge < -0.3 is 19.4 Å². The van der Waals surface area contributed by atoms with Crippen LogP contribution in [0.5, 0.6) is 11.5 Å². The summed E-state index contributed by atoms with van der Waals surface area (Å²) in [6.45, 7) is 0. The van der Waals surface area contributed by atoms with Crippen LogP contribution in [0.3, 0.4) is 0 Å². The molecule has 0 saturated carbocycles. The maximum Gasteiger partial charge on any atom is 0.256 e. The quantitative estimate of drug-likeness (QED) is 0.449. The van der Waals surface area contributed by atoms with Gasteiger partial charge in [0.05, 0.1) is 30.6 Å². The molecule has 3 aromatic carbocycles. The predicted molar refractivity (Wildman–Crippen MR) is 110 cm³/mol. The molecule has 5 aromatic rings. The number of rotatable bonds is 3. The van der Waals surface area contributed by atoms with Crippen LogP contribution >= 0.6 is 0 Å². The summed E-state index contributed by atoms with van der Waals surface area (Å²) in [4.78, 5) is 23.3. The number of benzene rings is 3. The van der Waals surface area contributed by atoms with Crippen molar-refractivity contribution in [2.75, 3.05) is 14.2 Å². The highest BCUT2D eigenvalue weighted by atomic mass is 19.1. The number of methoxy groups -OCH3 is 2. The van der Waals surface area contributed by atoms with Gasteiger partial charge in [-0.2, -0.15) is 0 Å². The lowest BCUT2D eigenvalue weighted by atomic mass is 10.0. The second kappa shape index (κ2) is 6.34. The molecule has 0 unspecified atom stereocenters. The number of nitrogens with zero attached hydrogens (tertiary/aromatic N) is 1. The van der Waals surface area contributed by atoms with E-state index in [4.69, 9.17) is 14.5 Å². The van der Waals surface area contributed by atoms with Crippen LogP contribution in [0.2, 0.25) is 0 Å². The van der Waals surface area contributed by atoms with Gasteiger partial charge in [0, 0.05) is 22.4 Å². The largest absolute Gasteiger partial charge is 0.496 e. The number of aromatic amines is 2. The Labute approximate surface area is 163 Å². The van der Waals surface area contributed by atoms with Crippen LogP contribution in [0, 0.1) is 5.82 Å². The topological polar surface area (TPSA) is 80.0 Å². The van der Waals surface area contributed by atoms with Crippen molar-refractivity contribution in [3.05, 3.63) is 64.8 Å². The smallest absolute Gasteiger partial charge is 0.256 e.